The molecule has 0 bridgehead atoms. The molecule has 14 nitrogen and oxygen atoms in total. The molecule has 1 atom stereocenters. The summed E-state index contributed by atoms with van der Waals surface area (Å²) in [5.41, 5.74) is -6.53. The fourth-order valence-corrected chi connectivity index (χ4v) is 1.74. The molecule has 1 unspecified atom stereocenters. The van der Waals surface area contributed by atoms with Gasteiger partial charge < -0.3 is 55.2 Å². The van der Waals surface area contributed by atoms with Crippen molar-refractivity contribution < 1.29 is 86.7 Å². The normalized spacial score (nSPS) is 12.3. The summed E-state index contributed by atoms with van der Waals surface area (Å²) in [4.78, 5) is 65.3. The minimum atomic E-state index is -3.31. The molecule has 0 saturated heterocycles. The van der Waals surface area contributed by atoms with Gasteiger partial charge in [0, 0.05) is 24.8 Å². The Balaban J connectivity index is -0.00000288. The van der Waals surface area contributed by atoms with E-state index >= 15 is 0 Å². The van der Waals surface area contributed by atoms with Gasteiger partial charge in [-0.3, -0.25) is 9.59 Å². The third-order valence-corrected chi connectivity index (χ3v) is 2.82. The van der Waals surface area contributed by atoms with Crippen LogP contribution >= 0.6 is 0 Å². The van der Waals surface area contributed by atoms with Crippen molar-refractivity contribution in [1.29, 1.82) is 0 Å². The van der Waals surface area contributed by atoms with Crippen LogP contribution in [0.2, 0.25) is 0 Å². The number of rotatable bonds is 11. The van der Waals surface area contributed by atoms with E-state index in [0.717, 1.165) is 0 Å². The summed E-state index contributed by atoms with van der Waals surface area (Å²) < 4.78 is 4.19. The minimum Gasteiger partial charge on any atom is -0.550 e. The summed E-state index contributed by atoms with van der Waals surface area (Å²) in [5, 5.41) is 59.2. The van der Waals surface area contributed by atoms with E-state index in [-0.39, 0.29) is 22.5 Å². The van der Waals surface area contributed by atoms with Crippen molar-refractivity contribution in [1.82, 2.24) is 0 Å². The molecule has 0 aliphatic carbocycles. The molecule has 0 aromatic heterocycles. The number of carbonyl (C=O) groups is 6. The van der Waals surface area contributed by atoms with Crippen molar-refractivity contribution in [2.75, 3.05) is 0 Å². The van der Waals surface area contributed by atoms with E-state index in [4.69, 9.17) is 10.2 Å². The van der Waals surface area contributed by atoms with Gasteiger partial charge in [0.2, 0.25) is 0 Å². The summed E-state index contributed by atoms with van der Waals surface area (Å²) in [5.74, 6) is -12.7. The van der Waals surface area contributed by atoms with E-state index in [1.165, 1.54) is 0 Å². The van der Waals surface area contributed by atoms with Gasteiger partial charge >= 0.3 is 35.0 Å². The van der Waals surface area contributed by atoms with Gasteiger partial charge in [0.25, 0.3) is 0 Å². The van der Waals surface area contributed by atoms with E-state index in [0.29, 0.717) is 0 Å². The zero-order valence-electron chi connectivity index (χ0n) is 13.1. The number of aliphatic carboxylic acids is 5. The molecule has 0 fully saturated rings. The fourth-order valence-electron chi connectivity index (χ4n) is 1.74. The van der Waals surface area contributed by atoms with Crippen LogP contribution in [0.4, 0.5) is 0 Å². The first-order valence-corrected chi connectivity index (χ1v) is 6.24. The summed E-state index contributed by atoms with van der Waals surface area (Å²) in [6, 6.07) is 0. The number of esters is 1. The summed E-state index contributed by atoms with van der Waals surface area (Å²) in [6.07, 6.45) is -6.47. The SMILES string of the molecule is O.O=C([O-])CC(CC(=O)[O-])(OC(=O)CC(O)(CC(=O)O)C(=O)O)C(=O)[O-].[Fe+3]. The first-order chi connectivity index (χ1) is 11.2. The predicted molar refractivity (Wildman–Crippen MR) is 66.1 cm³/mol. The van der Waals surface area contributed by atoms with Gasteiger partial charge in [0.15, 0.2) is 11.2 Å². The zero-order chi connectivity index (χ0) is 20.0. The largest absolute Gasteiger partial charge is 3.00 e. The molecule has 1 radical (unpaired) electrons. The number of ether oxygens (including phenoxy) is 1. The van der Waals surface area contributed by atoms with Gasteiger partial charge in [-0.1, -0.05) is 0 Å². The third kappa shape index (κ3) is 8.96. The van der Waals surface area contributed by atoms with Gasteiger partial charge in [-0.25, -0.2) is 4.79 Å². The Hall–Kier alpha value is -2.74. The summed E-state index contributed by atoms with van der Waals surface area (Å²) >= 11 is 0. The fraction of sp³-hybridized carbons (Fsp3) is 0.500. The van der Waals surface area contributed by atoms with E-state index in [1.807, 2.05) is 0 Å². The number of carboxylic acid groups (broad SMARTS) is 5. The number of carbonyl (C=O) groups excluding carboxylic acids is 4. The van der Waals surface area contributed by atoms with E-state index in [2.05, 4.69) is 4.74 Å². The third-order valence-electron chi connectivity index (χ3n) is 2.82. The monoisotopic (exact) mass is 437 g/mol. The van der Waals surface area contributed by atoms with Crippen LogP contribution in [0.25, 0.3) is 0 Å². The van der Waals surface area contributed by atoms with Gasteiger partial charge in [0.1, 0.15) is 0 Å². The number of carboxylic acids is 5. The van der Waals surface area contributed by atoms with Crippen LogP contribution in [0.15, 0.2) is 0 Å². The molecular formula is C12H13FeO14. The van der Waals surface area contributed by atoms with Crippen LogP contribution in [0.5, 0.6) is 0 Å². The number of hydrogen-bond acceptors (Lipinski definition) is 11. The van der Waals surface area contributed by atoms with Gasteiger partial charge in [0.05, 0.1) is 18.8 Å². The van der Waals surface area contributed by atoms with E-state index in [1.54, 1.807) is 0 Å². The second-order valence-electron chi connectivity index (χ2n) is 4.94. The molecule has 0 rings (SSSR count). The van der Waals surface area contributed by atoms with Crippen molar-refractivity contribution in [2.24, 2.45) is 0 Å². The molecule has 0 aliphatic rings. The van der Waals surface area contributed by atoms with Crippen LogP contribution in [0.1, 0.15) is 25.7 Å². The zero-order valence-corrected chi connectivity index (χ0v) is 14.2. The molecule has 5 N–H and O–H groups in total. The van der Waals surface area contributed by atoms with E-state index < -0.39 is 72.7 Å². The van der Waals surface area contributed by atoms with Crippen LogP contribution in [0.3, 0.4) is 0 Å². The average Bonchev–Trinajstić information content (AvgIpc) is 2.34. The maximum Gasteiger partial charge on any atom is 3.00 e. The molecule has 0 spiro atoms. The predicted octanol–water partition coefficient (Wildman–Crippen LogP) is -6.85. The van der Waals surface area contributed by atoms with Crippen molar-refractivity contribution in [3.8, 4) is 0 Å². The first kappa shape index (κ1) is 29.0. The summed E-state index contributed by atoms with van der Waals surface area (Å²) in [7, 11) is 0. The summed E-state index contributed by atoms with van der Waals surface area (Å²) in [6.45, 7) is 0. The van der Waals surface area contributed by atoms with Crippen LogP contribution in [0, 0.1) is 0 Å². The molecule has 0 heterocycles. The Morgan fingerprint density at radius 1 is 0.815 bits per heavy atom. The average molecular weight is 437 g/mol. The smallest absolute Gasteiger partial charge is 0.550 e. The molecule has 0 amide bonds. The Morgan fingerprint density at radius 2 is 1.22 bits per heavy atom. The van der Waals surface area contributed by atoms with Crippen LogP contribution < -0.4 is 15.3 Å². The molecule has 0 aliphatic heterocycles. The molecule has 153 valence electrons. The van der Waals surface area contributed by atoms with Crippen molar-refractivity contribution >= 4 is 35.8 Å². The Bertz CT molecular complexity index is 597. The van der Waals surface area contributed by atoms with Gasteiger partial charge in [-0.05, 0) is 0 Å². The van der Waals surface area contributed by atoms with E-state index in [9.17, 15) is 49.2 Å². The maximum atomic E-state index is 11.7. The quantitative estimate of drug-likeness (QED) is 0.200. The van der Waals surface area contributed by atoms with Crippen molar-refractivity contribution in [2.45, 2.75) is 36.9 Å². The Morgan fingerprint density at radius 3 is 1.48 bits per heavy atom. The van der Waals surface area contributed by atoms with Crippen LogP contribution in [-0.2, 0) is 50.6 Å². The standard InChI is InChI=1S/C12H14O13.Fe.H2O/c13-5(14)1-11(24,9(20)21)4-8(19)25-12(10(22)23,2-6(15)16)3-7(17)18;;/h24H,1-4H2,(H,13,14)(H,15,16)(H,17,18)(H,20,21)(H,22,23);;1H2/q;+3;/p-3. The molecule has 27 heavy (non-hydrogen) atoms. The molecule has 0 aromatic carbocycles. The topological polar surface area (TPSA) is 273 Å². The van der Waals surface area contributed by atoms with Gasteiger partial charge in [-0.15, -0.1) is 0 Å². The van der Waals surface area contributed by atoms with Crippen LogP contribution in [-0.4, -0.2) is 67.8 Å². The molecular weight excluding hydrogens is 424 g/mol. The maximum absolute atomic E-state index is 11.7. The number of aliphatic hydroxyl groups is 1. The Kier molecular flexibility index (Phi) is 11.9. The molecule has 0 saturated carbocycles. The van der Waals surface area contributed by atoms with Gasteiger partial charge in [-0.2, -0.15) is 0 Å². The van der Waals surface area contributed by atoms with Crippen molar-refractivity contribution in [3.63, 3.8) is 0 Å². The molecule has 15 heteroatoms. The van der Waals surface area contributed by atoms with Crippen molar-refractivity contribution in [3.05, 3.63) is 0 Å². The second-order valence-corrected chi connectivity index (χ2v) is 4.94. The number of hydrogen-bond donors (Lipinski definition) is 3. The first-order valence-electron chi connectivity index (χ1n) is 6.24. The second kappa shape index (κ2) is 11.1. The minimum absolute atomic E-state index is 0. The Labute approximate surface area is 160 Å². The molecule has 0 aromatic rings.